The monoisotopic (exact) mass is 200 g/mol. The first-order chi connectivity index (χ1) is 7.06. The second-order valence-electron chi connectivity index (χ2n) is 5.11. The zero-order chi connectivity index (χ0) is 10.9. The molecule has 0 unspecified atom stereocenters. The van der Waals surface area contributed by atoms with Crippen molar-refractivity contribution in [2.24, 2.45) is 5.41 Å². The van der Waals surface area contributed by atoms with E-state index in [9.17, 15) is 0 Å². The molecule has 0 saturated heterocycles. The minimum atomic E-state index is 0.284. The highest BCUT2D eigenvalue weighted by atomic mass is 14.7. The van der Waals surface area contributed by atoms with Crippen molar-refractivity contribution in [1.29, 1.82) is 0 Å². The highest BCUT2D eigenvalue weighted by Crippen LogP contribution is 2.24. The van der Waals surface area contributed by atoms with E-state index in [0.717, 1.165) is 11.9 Å². The smallest absolute Gasteiger partial charge is 0.0887 e. The summed E-state index contributed by atoms with van der Waals surface area (Å²) in [6.07, 6.45) is 6.62. The molecule has 2 heterocycles. The van der Waals surface area contributed by atoms with Gasteiger partial charge in [0.1, 0.15) is 0 Å². The third-order valence-corrected chi connectivity index (χ3v) is 2.33. The van der Waals surface area contributed by atoms with Crippen molar-refractivity contribution in [3.8, 4) is 0 Å². The predicted octanol–water partition coefficient (Wildman–Crippen LogP) is 3.22. The van der Waals surface area contributed by atoms with Gasteiger partial charge in [-0.1, -0.05) is 26.8 Å². The van der Waals surface area contributed by atoms with Gasteiger partial charge in [-0.05, 0) is 23.5 Å². The van der Waals surface area contributed by atoms with Gasteiger partial charge in [0.2, 0.25) is 0 Å². The van der Waals surface area contributed by atoms with Crippen molar-refractivity contribution in [2.75, 3.05) is 0 Å². The summed E-state index contributed by atoms with van der Waals surface area (Å²) in [6, 6.07) is 4.10. The van der Waals surface area contributed by atoms with Crippen LogP contribution in [-0.4, -0.2) is 9.97 Å². The first-order valence-electron chi connectivity index (χ1n) is 5.24. The van der Waals surface area contributed by atoms with Gasteiger partial charge in [0.25, 0.3) is 0 Å². The molecule has 0 fully saturated rings. The molecule has 15 heavy (non-hydrogen) atoms. The lowest BCUT2D eigenvalue weighted by molar-refractivity contribution is 0.412. The third kappa shape index (κ3) is 2.32. The molecular formula is C13H16N2. The number of hydrogen-bond acceptors (Lipinski definition) is 2. The van der Waals surface area contributed by atoms with Crippen molar-refractivity contribution in [3.05, 3.63) is 36.3 Å². The second-order valence-corrected chi connectivity index (χ2v) is 5.11. The third-order valence-electron chi connectivity index (χ3n) is 2.33. The average Bonchev–Trinajstić information content (AvgIpc) is 2.16. The van der Waals surface area contributed by atoms with Crippen molar-refractivity contribution in [3.63, 3.8) is 0 Å². The Hall–Kier alpha value is -1.44. The van der Waals surface area contributed by atoms with Gasteiger partial charge in [-0.2, -0.15) is 0 Å². The summed E-state index contributed by atoms with van der Waals surface area (Å²) >= 11 is 0. The van der Waals surface area contributed by atoms with E-state index in [1.165, 1.54) is 10.9 Å². The minimum Gasteiger partial charge on any atom is -0.262 e. The van der Waals surface area contributed by atoms with Crippen LogP contribution in [0.3, 0.4) is 0 Å². The molecule has 2 heteroatoms. The molecule has 0 aliphatic carbocycles. The number of fused-ring (bicyclic) bond motifs is 1. The van der Waals surface area contributed by atoms with E-state index >= 15 is 0 Å². The largest absolute Gasteiger partial charge is 0.262 e. The van der Waals surface area contributed by atoms with Gasteiger partial charge in [-0.15, -0.1) is 0 Å². The molecule has 0 bridgehead atoms. The van der Waals surface area contributed by atoms with E-state index in [1.807, 2.05) is 24.7 Å². The topological polar surface area (TPSA) is 25.8 Å². The van der Waals surface area contributed by atoms with Crippen LogP contribution in [-0.2, 0) is 6.42 Å². The van der Waals surface area contributed by atoms with E-state index in [2.05, 4.69) is 36.8 Å². The number of rotatable bonds is 1. The summed E-state index contributed by atoms with van der Waals surface area (Å²) in [5.74, 6) is 0. The Labute approximate surface area is 90.4 Å². The lowest BCUT2D eigenvalue weighted by Crippen LogP contribution is -2.09. The lowest BCUT2D eigenvalue weighted by Gasteiger charge is -2.18. The van der Waals surface area contributed by atoms with Crippen LogP contribution in [0.4, 0.5) is 0 Å². The van der Waals surface area contributed by atoms with E-state index in [1.54, 1.807) is 0 Å². The fourth-order valence-corrected chi connectivity index (χ4v) is 1.77. The molecule has 0 aliphatic rings. The Morgan fingerprint density at radius 1 is 1.20 bits per heavy atom. The van der Waals surface area contributed by atoms with Crippen LogP contribution in [0, 0.1) is 5.41 Å². The zero-order valence-corrected chi connectivity index (χ0v) is 9.49. The van der Waals surface area contributed by atoms with Gasteiger partial charge >= 0.3 is 0 Å². The van der Waals surface area contributed by atoms with Gasteiger partial charge in [0, 0.05) is 17.8 Å². The highest BCUT2D eigenvalue weighted by Gasteiger charge is 2.13. The minimum absolute atomic E-state index is 0.284. The molecule has 2 aromatic rings. The molecule has 78 valence electrons. The number of nitrogens with zero attached hydrogens (tertiary/aromatic N) is 2. The summed E-state index contributed by atoms with van der Waals surface area (Å²) in [6.45, 7) is 6.71. The average molecular weight is 200 g/mol. The second kappa shape index (κ2) is 3.61. The molecule has 0 radical (unpaired) electrons. The van der Waals surface area contributed by atoms with Crippen LogP contribution in [0.15, 0.2) is 30.7 Å². The SMILES string of the molecule is CC(C)(C)Cc1cncc2ncccc12. The fourth-order valence-electron chi connectivity index (χ4n) is 1.77. The standard InChI is InChI=1S/C13H16N2/c1-13(2,3)7-10-8-14-9-12-11(10)5-4-6-15-12/h4-6,8-9H,7H2,1-3H3. The van der Waals surface area contributed by atoms with E-state index in [4.69, 9.17) is 0 Å². The molecule has 0 N–H and O–H groups in total. The van der Waals surface area contributed by atoms with Crippen molar-refractivity contribution >= 4 is 10.9 Å². The molecule has 2 aromatic heterocycles. The first-order valence-corrected chi connectivity index (χ1v) is 5.24. The van der Waals surface area contributed by atoms with Gasteiger partial charge in [-0.25, -0.2) is 0 Å². The van der Waals surface area contributed by atoms with E-state index in [-0.39, 0.29) is 5.41 Å². The maximum absolute atomic E-state index is 4.31. The summed E-state index contributed by atoms with van der Waals surface area (Å²) in [4.78, 5) is 8.54. The highest BCUT2D eigenvalue weighted by molar-refractivity contribution is 5.80. The van der Waals surface area contributed by atoms with E-state index < -0.39 is 0 Å². The Morgan fingerprint density at radius 3 is 2.73 bits per heavy atom. The van der Waals surface area contributed by atoms with Crippen LogP contribution >= 0.6 is 0 Å². The molecule has 0 saturated carbocycles. The van der Waals surface area contributed by atoms with Gasteiger partial charge in [0.05, 0.1) is 11.7 Å². The Balaban J connectivity index is 2.52. The number of aromatic nitrogens is 2. The molecular weight excluding hydrogens is 184 g/mol. The van der Waals surface area contributed by atoms with Gasteiger partial charge in [-0.3, -0.25) is 9.97 Å². The Bertz CT molecular complexity index is 464. The first kappa shape index (κ1) is 10.1. The predicted molar refractivity (Wildman–Crippen MR) is 62.7 cm³/mol. The molecule has 0 atom stereocenters. The van der Waals surface area contributed by atoms with Gasteiger partial charge in [0.15, 0.2) is 0 Å². The summed E-state index contributed by atoms with van der Waals surface area (Å²) in [7, 11) is 0. The van der Waals surface area contributed by atoms with Crippen molar-refractivity contribution in [2.45, 2.75) is 27.2 Å². The van der Waals surface area contributed by atoms with Crippen LogP contribution in [0.5, 0.6) is 0 Å². The summed E-state index contributed by atoms with van der Waals surface area (Å²) < 4.78 is 0. The van der Waals surface area contributed by atoms with Crippen LogP contribution in [0.1, 0.15) is 26.3 Å². The maximum atomic E-state index is 4.31. The van der Waals surface area contributed by atoms with Crippen molar-refractivity contribution in [1.82, 2.24) is 9.97 Å². The normalized spacial score (nSPS) is 11.9. The van der Waals surface area contributed by atoms with Crippen LogP contribution < -0.4 is 0 Å². The molecule has 0 amide bonds. The summed E-state index contributed by atoms with van der Waals surface area (Å²) in [5.41, 5.74) is 2.55. The van der Waals surface area contributed by atoms with Crippen LogP contribution in [0.2, 0.25) is 0 Å². The fraction of sp³-hybridized carbons (Fsp3) is 0.385. The number of hydrogen-bond donors (Lipinski definition) is 0. The summed E-state index contributed by atoms with van der Waals surface area (Å²) in [5, 5.41) is 1.22. The molecule has 0 spiro atoms. The molecule has 0 aliphatic heterocycles. The molecule has 2 rings (SSSR count). The van der Waals surface area contributed by atoms with E-state index in [0.29, 0.717) is 0 Å². The molecule has 2 nitrogen and oxygen atoms in total. The maximum Gasteiger partial charge on any atom is 0.0887 e. The number of pyridine rings is 2. The van der Waals surface area contributed by atoms with Crippen LogP contribution in [0.25, 0.3) is 10.9 Å². The van der Waals surface area contributed by atoms with Crippen molar-refractivity contribution < 1.29 is 0 Å². The quantitative estimate of drug-likeness (QED) is 0.706. The lowest BCUT2D eigenvalue weighted by atomic mass is 9.87. The Kier molecular flexibility index (Phi) is 2.43. The van der Waals surface area contributed by atoms with Gasteiger partial charge < -0.3 is 0 Å². The Morgan fingerprint density at radius 2 is 2.00 bits per heavy atom. The zero-order valence-electron chi connectivity index (χ0n) is 9.49. The molecule has 0 aromatic carbocycles.